The van der Waals surface area contributed by atoms with Gasteiger partial charge in [0.2, 0.25) is 5.91 Å². The Kier molecular flexibility index (Phi) is 3.97. The molecule has 82 valence electrons. The van der Waals surface area contributed by atoms with Crippen molar-refractivity contribution in [1.29, 1.82) is 0 Å². The molecule has 1 amide bonds. The maximum absolute atomic E-state index is 10.8. The van der Waals surface area contributed by atoms with Crippen LogP contribution in [-0.2, 0) is 4.79 Å². The maximum Gasteiger partial charge on any atom is 0.221 e. The number of hydrogen-bond donors (Lipinski definition) is 2. The average Bonchev–Trinajstić information content (AvgIpc) is 2.08. The summed E-state index contributed by atoms with van der Waals surface area (Å²) in [4.78, 5) is 10.8. The van der Waals surface area contributed by atoms with Gasteiger partial charge in [-0.25, -0.2) is 0 Å². The Morgan fingerprint density at radius 2 is 2.07 bits per heavy atom. The predicted molar refractivity (Wildman–Crippen MR) is 64.5 cm³/mol. The van der Waals surface area contributed by atoms with Crippen LogP contribution in [-0.4, -0.2) is 11.9 Å². The van der Waals surface area contributed by atoms with Crippen molar-refractivity contribution in [2.45, 2.75) is 26.8 Å². The van der Waals surface area contributed by atoms with Gasteiger partial charge in [-0.15, -0.1) is 0 Å². The first-order valence-electron chi connectivity index (χ1n) is 4.82. The van der Waals surface area contributed by atoms with E-state index in [1.165, 1.54) is 6.92 Å². The van der Waals surface area contributed by atoms with Crippen LogP contribution >= 0.6 is 11.6 Å². The molecule has 0 atom stereocenters. The zero-order valence-electron chi connectivity index (χ0n) is 9.10. The van der Waals surface area contributed by atoms with Gasteiger partial charge in [0, 0.05) is 18.7 Å². The van der Waals surface area contributed by atoms with Crippen LogP contribution in [0.5, 0.6) is 0 Å². The monoisotopic (exact) mass is 226 g/mol. The van der Waals surface area contributed by atoms with Gasteiger partial charge in [0.1, 0.15) is 0 Å². The second-order valence-electron chi connectivity index (χ2n) is 3.67. The third-order valence-corrected chi connectivity index (χ3v) is 2.05. The number of benzene rings is 1. The predicted octanol–water partition coefficient (Wildman–Crippen LogP) is 3.12. The van der Waals surface area contributed by atoms with Crippen LogP contribution in [0.15, 0.2) is 18.2 Å². The van der Waals surface area contributed by atoms with Crippen LogP contribution < -0.4 is 10.6 Å². The quantitative estimate of drug-likeness (QED) is 0.832. The van der Waals surface area contributed by atoms with Crippen LogP contribution in [0.4, 0.5) is 11.4 Å². The number of halogens is 1. The van der Waals surface area contributed by atoms with Gasteiger partial charge in [0.25, 0.3) is 0 Å². The molecule has 1 aromatic rings. The highest BCUT2D eigenvalue weighted by molar-refractivity contribution is 6.34. The lowest BCUT2D eigenvalue weighted by Gasteiger charge is -2.12. The molecule has 0 spiro atoms. The van der Waals surface area contributed by atoms with Gasteiger partial charge in [-0.1, -0.05) is 11.6 Å². The summed E-state index contributed by atoms with van der Waals surface area (Å²) < 4.78 is 0. The number of carbonyl (C=O) groups excluding carboxylic acids is 1. The van der Waals surface area contributed by atoms with Crippen molar-refractivity contribution in [3.63, 3.8) is 0 Å². The van der Waals surface area contributed by atoms with E-state index in [4.69, 9.17) is 11.6 Å². The summed E-state index contributed by atoms with van der Waals surface area (Å²) >= 11 is 6.00. The van der Waals surface area contributed by atoms with Crippen molar-refractivity contribution in [2.24, 2.45) is 0 Å². The Morgan fingerprint density at radius 3 is 2.53 bits per heavy atom. The first-order valence-corrected chi connectivity index (χ1v) is 5.20. The summed E-state index contributed by atoms with van der Waals surface area (Å²) in [5.41, 5.74) is 1.59. The summed E-state index contributed by atoms with van der Waals surface area (Å²) in [6.45, 7) is 5.56. The fourth-order valence-corrected chi connectivity index (χ4v) is 1.46. The highest BCUT2D eigenvalue weighted by Crippen LogP contribution is 2.25. The Bertz CT molecular complexity index is 364. The zero-order chi connectivity index (χ0) is 11.4. The molecule has 0 radical (unpaired) electrons. The van der Waals surface area contributed by atoms with E-state index >= 15 is 0 Å². The molecule has 1 aromatic carbocycles. The summed E-state index contributed by atoms with van der Waals surface area (Å²) in [5, 5.41) is 6.42. The largest absolute Gasteiger partial charge is 0.383 e. The SMILES string of the molecule is CC(=O)Nc1ccc(NC(C)C)cc1Cl. The number of anilines is 2. The maximum atomic E-state index is 10.8. The van der Waals surface area contributed by atoms with E-state index < -0.39 is 0 Å². The van der Waals surface area contributed by atoms with Crippen molar-refractivity contribution in [2.75, 3.05) is 10.6 Å². The minimum Gasteiger partial charge on any atom is -0.383 e. The minimum absolute atomic E-state index is 0.124. The van der Waals surface area contributed by atoms with Gasteiger partial charge >= 0.3 is 0 Å². The molecule has 0 saturated carbocycles. The standard InChI is InChI=1S/C11H15ClN2O/c1-7(2)13-9-4-5-11(10(12)6-9)14-8(3)15/h4-7,13H,1-3H3,(H,14,15). The van der Waals surface area contributed by atoms with Gasteiger partial charge in [0.05, 0.1) is 10.7 Å². The summed E-state index contributed by atoms with van der Waals surface area (Å²) in [7, 11) is 0. The lowest BCUT2D eigenvalue weighted by atomic mass is 10.2. The van der Waals surface area contributed by atoms with Gasteiger partial charge < -0.3 is 10.6 Å². The van der Waals surface area contributed by atoms with Gasteiger partial charge in [-0.3, -0.25) is 4.79 Å². The van der Waals surface area contributed by atoms with E-state index in [1.54, 1.807) is 12.1 Å². The average molecular weight is 227 g/mol. The van der Waals surface area contributed by atoms with E-state index in [-0.39, 0.29) is 5.91 Å². The number of hydrogen-bond acceptors (Lipinski definition) is 2. The Balaban J connectivity index is 2.83. The second kappa shape index (κ2) is 5.03. The third-order valence-electron chi connectivity index (χ3n) is 1.74. The molecular formula is C11H15ClN2O. The number of amides is 1. The molecule has 2 N–H and O–H groups in total. The van der Waals surface area contributed by atoms with Gasteiger partial charge in [0.15, 0.2) is 0 Å². The molecule has 0 aromatic heterocycles. The van der Waals surface area contributed by atoms with Gasteiger partial charge in [-0.05, 0) is 32.0 Å². The van der Waals surface area contributed by atoms with Crippen LogP contribution in [0.1, 0.15) is 20.8 Å². The molecule has 0 fully saturated rings. The summed E-state index contributed by atoms with van der Waals surface area (Å²) in [6, 6.07) is 5.82. The van der Waals surface area contributed by atoms with Crippen molar-refractivity contribution in [3.05, 3.63) is 23.2 Å². The van der Waals surface area contributed by atoms with Crippen LogP contribution in [0.25, 0.3) is 0 Å². The summed E-state index contributed by atoms with van der Waals surface area (Å²) in [5.74, 6) is -0.124. The normalized spacial score (nSPS) is 10.2. The van der Waals surface area contributed by atoms with E-state index in [0.717, 1.165) is 5.69 Å². The number of nitrogens with one attached hydrogen (secondary N) is 2. The first kappa shape index (κ1) is 11.9. The molecule has 3 nitrogen and oxygen atoms in total. The molecule has 0 aliphatic heterocycles. The molecular weight excluding hydrogens is 212 g/mol. The zero-order valence-corrected chi connectivity index (χ0v) is 9.85. The molecule has 0 unspecified atom stereocenters. The number of rotatable bonds is 3. The van der Waals surface area contributed by atoms with Crippen LogP contribution in [0.2, 0.25) is 5.02 Å². The molecule has 0 saturated heterocycles. The molecule has 15 heavy (non-hydrogen) atoms. The Morgan fingerprint density at radius 1 is 1.40 bits per heavy atom. The molecule has 0 aliphatic carbocycles. The fraction of sp³-hybridized carbons (Fsp3) is 0.364. The van der Waals surface area contributed by atoms with E-state index in [2.05, 4.69) is 24.5 Å². The molecule has 0 heterocycles. The van der Waals surface area contributed by atoms with Crippen molar-refractivity contribution >= 4 is 28.9 Å². The lowest BCUT2D eigenvalue weighted by molar-refractivity contribution is -0.114. The van der Waals surface area contributed by atoms with E-state index in [9.17, 15) is 4.79 Å². The molecule has 1 rings (SSSR count). The van der Waals surface area contributed by atoms with Crippen molar-refractivity contribution < 1.29 is 4.79 Å². The Labute approximate surface area is 94.8 Å². The second-order valence-corrected chi connectivity index (χ2v) is 4.08. The molecule has 0 bridgehead atoms. The highest BCUT2D eigenvalue weighted by Gasteiger charge is 2.03. The van der Waals surface area contributed by atoms with Crippen LogP contribution in [0.3, 0.4) is 0 Å². The van der Waals surface area contributed by atoms with Crippen molar-refractivity contribution in [3.8, 4) is 0 Å². The highest BCUT2D eigenvalue weighted by atomic mass is 35.5. The molecule has 4 heteroatoms. The first-order chi connectivity index (χ1) is 6.99. The minimum atomic E-state index is -0.124. The lowest BCUT2D eigenvalue weighted by Crippen LogP contribution is -2.10. The van der Waals surface area contributed by atoms with E-state index in [1.807, 2.05) is 6.07 Å². The van der Waals surface area contributed by atoms with Crippen LogP contribution in [0, 0.1) is 0 Å². The Hall–Kier alpha value is -1.22. The summed E-state index contributed by atoms with van der Waals surface area (Å²) in [6.07, 6.45) is 0. The smallest absolute Gasteiger partial charge is 0.221 e. The molecule has 0 aliphatic rings. The topological polar surface area (TPSA) is 41.1 Å². The van der Waals surface area contributed by atoms with E-state index in [0.29, 0.717) is 16.8 Å². The van der Waals surface area contributed by atoms with Gasteiger partial charge in [-0.2, -0.15) is 0 Å². The third kappa shape index (κ3) is 3.80. The van der Waals surface area contributed by atoms with Crippen molar-refractivity contribution in [1.82, 2.24) is 0 Å². The fourth-order valence-electron chi connectivity index (χ4n) is 1.23. The number of carbonyl (C=O) groups is 1.